The lowest BCUT2D eigenvalue weighted by molar-refractivity contribution is -0.132. The summed E-state index contributed by atoms with van der Waals surface area (Å²) >= 11 is 12.2. The van der Waals surface area contributed by atoms with Crippen LogP contribution in [-0.4, -0.2) is 67.1 Å². The number of amides is 2. The van der Waals surface area contributed by atoms with Gasteiger partial charge >= 0.3 is 0 Å². The van der Waals surface area contributed by atoms with E-state index < -0.39 is 6.23 Å². The SMILES string of the molecule is CCCNCC(=O)N1CCN(c2ccc3c(c2)OC2C(Cl)=C(Cl)C(=O)N2C3)CC1. The van der Waals surface area contributed by atoms with Crippen LogP contribution in [0.15, 0.2) is 28.3 Å². The normalized spacial score (nSPS) is 21.3. The van der Waals surface area contributed by atoms with Crippen molar-refractivity contribution >= 4 is 40.7 Å². The number of carbonyl (C=O) groups is 2. The summed E-state index contributed by atoms with van der Waals surface area (Å²) in [6, 6.07) is 5.98. The lowest BCUT2D eigenvalue weighted by Gasteiger charge is -2.37. The molecule has 1 N–H and O–H groups in total. The van der Waals surface area contributed by atoms with Gasteiger partial charge in [-0.25, -0.2) is 0 Å². The summed E-state index contributed by atoms with van der Waals surface area (Å²) < 4.78 is 5.99. The first-order valence-corrected chi connectivity index (χ1v) is 10.6. The topological polar surface area (TPSA) is 65.1 Å². The largest absolute Gasteiger partial charge is 0.465 e. The third kappa shape index (κ3) is 3.91. The van der Waals surface area contributed by atoms with Gasteiger partial charge in [0, 0.05) is 43.5 Å². The molecule has 0 radical (unpaired) electrons. The maximum absolute atomic E-state index is 12.3. The van der Waals surface area contributed by atoms with E-state index in [1.165, 1.54) is 4.90 Å². The summed E-state index contributed by atoms with van der Waals surface area (Å²) in [6.45, 7) is 6.66. The summed E-state index contributed by atoms with van der Waals surface area (Å²) in [4.78, 5) is 30.1. The Hall–Kier alpha value is -1.96. The fraction of sp³-hybridized carbons (Fsp3) is 0.500. The van der Waals surface area contributed by atoms with Crippen molar-refractivity contribution in [1.29, 1.82) is 0 Å². The number of nitrogens with one attached hydrogen (secondary N) is 1. The number of ether oxygens (including phenoxy) is 1. The van der Waals surface area contributed by atoms with Gasteiger partial charge in [0.15, 0.2) is 0 Å². The molecule has 1 unspecified atom stereocenters. The second-order valence-electron chi connectivity index (χ2n) is 7.40. The molecule has 0 saturated carbocycles. The number of fused-ring (bicyclic) bond motifs is 2. The summed E-state index contributed by atoms with van der Waals surface area (Å²) in [7, 11) is 0. The highest BCUT2D eigenvalue weighted by molar-refractivity contribution is 6.49. The van der Waals surface area contributed by atoms with Gasteiger partial charge in [-0.1, -0.05) is 36.2 Å². The van der Waals surface area contributed by atoms with E-state index in [2.05, 4.69) is 17.1 Å². The predicted molar refractivity (Wildman–Crippen MR) is 112 cm³/mol. The number of piperazine rings is 1. The highest BCUT2D eigenvalue weighted by Crippen LogP contribution is 2.40. The quantitative estimate of drug-likeness (QED) is 0.712. The van der Waals surface area contributed by atoms with E-state index in [-0.39, 0.29) is 21.9 Å². The van der Waals surface area contributed by atoms with E-state index in [0.29, 0.717) is 31.9 Å². The van der Waals surface area contributed by atoms with Gasteiger partial charge in [0.05, 0.1) is 13.1 Å². The van der Waals surface area contributed by atoms with E-state index in [4.69, 9.17) is 27.9 Å². The second kappa shape index (κ2) is 8.42. The molecule has 1 aromatic carbocycles. The van der Waals surface area contributed by atoms with Crippen molar-refractivity contribution in [3.8, 4) is 5.75 Å². The van der Waals surface area contributed by atoms with Crippen molar-refractivity contribution in [2.45, 2.75) is 26.1 Å². The molecule has 1 saturated heterocycles. The number of carbonyl (C=O) groups excluding carboxylic acids is 2. The molecule has 1 fully saturated rings. The van der Waals surface area contributed by atoms with Crippen LogP contribution in [0.3, 0.4) is 0 Å². The van der Waals surface area contributed by atoms with Crippen LogP contribution in [0.4, 0.5) is 5.69 Å². The zero-order valence-corrected chi connectivity index (χ0v) is 17.8. The first-order valence-electron chi connectivity index (χ1n) is 9.88. The molecule has 1 atom stereocenters. The highest BCUT2D eigenvalue weighted by Gasteiger charge is 2.42. The van der Waals surface area contributed by atoms with Crippen molar-refractivity contribution in [2.75, 3.05) is 44.2 Å². The van der Waals surface area contributed by atoms with Gasteiger partial charge in [-0.15, -0.1) is 0 Å². The van der Waals surface area contributed by atoms with Crippen LogP contribution < -0.4 is 15.0 Å². The lowest BCUT2D eigenvalue weighted by Crippen LogP contribution is -2.51. The zero-order valence-electron chi connectivity index (χ0n) is 16.3. The molecule has 3 aliphatic heterocycles. The molecular formula is C20H24Cl2N4O3. The molecule has 2 amide bonds. The van der Waals surface area contributed by atoms with E-state index in [1.54, 1.807) is 0 Å². The molecule has 7 nitrogen and oxygen atoms in total. The van der Waals surface area contributed by atoms with Crippen LogP contribution in [0.5, 0.6) is 5.75 Å². The van der Waals surface area contributed by atoms with E-state index in [9.17, 15) is 9.59 Å². The van der Waals surface area contributed by atoms with Crippen molar-refractivity contribution in [1.82, 2.24) is 15.1 Å². The lowest BCUT2D eigenvalue weighted by atomic mass is 10.1. The number of hydrogen-bond acceptors (Lipinski definition) is 5. The minimum absolute atomic E-state index is 0.0268. The molecule has 156 valence electrons. The van der Waals surface area contributed by atoms with Gasteiger partial charge in [-0.3, -0.25) is 14.5 Å². The molecule has 3 heterocycles. The maximum Gasteiger partial charge on any atom is 0.270 e. The number of hydrogen-bond donors (Lipinski definition) is 1. The molecule has 4 rings (SSSR count). The number of halogens is 2. The Morgan fingerprint density at radius 1 is 1.24 bits per heavy atom. The van der Waals surface area contributed by atoms with Gasteiger partial charge < -0.3 is 19.9 Å². The van der Waals surface area contributed by atoms with Gasteiger partial charge in [0.25, 0.3) is 5.91 Å². The molecule has 0 aromatic heterocycles. The summed E-state index contributed by atoms with van der Waals surface area (Å²) in [5.41, 5.74) is 1.95. The Morgan fingerprint density at radius 2 is 2.00 bits per heavy atom. The van der Waals surface area contributed by atoms with Crippen LogP contribution in [0.2, 0.25) is 0 Å². The monoisotopic (exact) mass is 438 g/mol. The standard InChI is InChI=1S/C20H24Cl2N4O3/c1-2-5-23-11-16(27)25-8-6-24(7-9-25)14-4-3-13-12-26-19(28)17(21)18(22)20(26)29-15(13)10-14/h3-4,10,20,23H,2,5-9,11-12H2,1H3. The average Bonchev–Trinajstić information content (AvgIpc) is 2.95. The van der Waals surface area contributed by atoms with Crippen LogP contribution in [0.1, 0.15) is 18.9 Å². The highest BCUT2D eigenvalue weighted by atomic mass is 35.5. The zero-order chi connectivity index (χ0) is 20.5. The third-order valence-corrected chi connectivity index (χ3v) is 6.33. The maximum atomic E-state index is 12.3. The molecular weight excluding hydrogens is 415 g/mol. The van der Waals surface area contributed by atoms with Gasteiger partial charge in [0.2, 0.25) is 12.1 Å². The van der Waals surface area contributed by atoms with Crippen LogP contribution in [-0.2, 0) is 16.1 Å². The Balaban J connectivity index is 1.40. The Kier molecular flexibility index (Phi) is 5.90. The van der Waals surface area contributed by atoms with Gasteiger partial charge in [-0.2, -0.15) is 0 Å². The smallest absolute Gasteiger partial charge is 0.270 e. The van der Waals surface area contributed by atoms with Crippen LogP contribution in [0, 0.1) is 0 Å². The van der Waals surface area contributed by atoms with Crippen molar-refractivity contribution in [3.05, 3.63) is 33.8 Å². The third-order valence-electron chi connectivity index (χ3n) is 5.49. The van der Waals surface area contributed by atoms with Crippen LogP contribution >= 0.6 is 23.2 Å². The number of rotatable bonds is 5. The molecule has 29 heavy (non-hydrogen) atoms. The van der Waals surface area contributed by atoms with Crippen molar-refractivity contribution in [2.24, 2.45) is 0 Å². The fourth-order valence-electron chi connectivity index (χ4n) is 3.83. The van der Waals surface area contributed by atoms with Crippen molar-refractivity contribution in [3.63, 3.8) is 0 Å². The molecule has 0 aliphatic carbocycles. The molecule has 0 bridgehead atoms. The van der Waals surface area contributed by atoms with E-state index in [0.717, 1.165) is 37.3 Å². The van der Waals surface area contributed by atoms with Gasteiger partial charge in [0.1, 0.15) is 15.8 Å². The Bertz CT molecular complexity index is 852. The van der Waals surface area contributed by atoms with Crippen molar-refractivity contribution < 1.29 is 14.3 Å². The van der Waals surface area contributed by atoms with E-state index in [1.807, 2.05) is 23.1 Å². The number of nitrogens with zero attached hydrogens (tertiary/aromatic N) is 3. The Labute approximate surface area is 180 Å². The van der Waals surface area contributed by atoms with E-state index >= 15 is 0 Å². The minimum atomic E-state index is -0.649. The number of anilines is 1. The molecule has 0 spiro atoms. The van der Waals surface area contributed by atoms with Crippen LogP contribution in [0.25, 0.3) is 0 Å². The second-order valence-corrected chi connectivity index (χ2v) is 8.19. The molecule has 9 heteroatoms. The fourth-order valence-corrected chi connectivity index (χ4v) is 4.28. The minimum Gasteiger partial charge on any atom is -0.465 e. The predicted octanol–water partition coefficient (Wildman–Crippen LogP) is 2.08. The molecule has 1 aromatic rings. The first-order chi connectivity index (χ1) is 14.0. The summed E-state index contributed by atoms with van der Waals surface area (Å²) in [5.74, 6) is 0.560. The first kappa shape index (κ1) is 20.3. The van der Waals surface area contributed by atoms with Gasteiger partial charge in [-0.05, 0) is 19.0 Å². The molecule has 3 aliphatic rings. The Morgan fingerprint density at radius 3 is 2.72 bits per heavy atom. The summed E-state index contributed by atoms with van der Waals surface area (Å²) in [5, 5.41) is 3.42. The summed E-state index contributed by atoms with van der Waals surface area (Å²) in [6.07, 6.45) is 0.367. The average molecular weight is 439 g/mol. The number of benzene rings is 1.